The fourth-order valence-corrected chi connectivity index (χ4v) is 2.43. The summed E-state index contributed by atoms with van der Waals surface area (Å²) in [5.74, 6) is -0.107. The highest BCUT2D eigenvalue weighted by molar-refractivity contribution is 5.34. The Bertz CT molecular complexity index is 540. The van der Waals surface area contributed by atoms with Crippen LogP contribution in [0.3, 0.4) is 0 Å². The Labute approximate surface area is 114 Å². The summed E-state index contributed by atoms with van der Waals surface area (Å²) in [4.78, 5) is 4.00. The Kier molecular flexibility index (Phi) is 4.30. The van der Waals surface area contributed by atoms with E-state index in [1.165, 1.54) is 5.56 Å². The van der Waals surface area contributed by atoms with Gasteiger partial charge in [-0.05, 0) is 42.7 Å². The van der Waals surface area contributed by atoms with Gasteiger partial charge < -0.3 is 10.8 Å². The lowest BCUT2D eigenvalue weighted by molar-refractivity contribution is 0.146. The number of aryl methyl sites for hydroxylation is 2. The van der Waals surface area contributed by atoms with Crippen LogP contribution >= 0.6 is 0 Å². The highest BCUT2D eigenvalue weighted by Gasteiger charge is 2.22. The molecule has 100 valence electrons. The lowest BCUT2D eigenvalue weighted by atomic mass is 9.87. The van der Waals surface area contributed by atoms with Crippen LogP contribution in [0.5, 0.6) is 0 Å². The summed E-state index contributed by atoms with van der Waals surface area (Å²) in [7, 11) is 0. The van der Waals surface area contributed by atoms with E-state index in [1.807, 2.05) is 38.1 Å². The van der Waals surface area contributed by atoms with Gasteiger partial charge in [-0.25, -0.2) is 0 Å². The molecule has 3 nitrogen and oxygen atoms in total. The number of nitrogens with two attached hydrogens (primary N) is 1. The van der Waals surface area contributed by atoms with Gasteiger partial charge in [-0.2, -0.15) is 0 Å². The second-order valence-corrected chi connectivity index (χ2v) is 4.93. The summed E-state index contributed by atoms with van der Waals surface area (Å²) in [6, 6.07) is 9.90. The molecule has 0 saturated carbocycles. The number of pyridine rings is 1. The average molecular weight is 256 g/mol. The molecule has 0 saturated heterocycles. The summed E-state index contributed by atoms with van der Waals surface area (Å²) < 4.78 is 0. The van der Waals surface area contributed by atoms with Crippen LogP contribution in [-0.2, 0) is 0 Å². The largest absolute Gasteiger partial charge is 0.388 e. The number of aliphatic hydroxyl groups excluding tert-OH is 1. The van der Waals surface area contributed by atoms with Gasteiger partial charge >= 0.3 is 0 Å². The van der Waals surface area contributed by atoms with Crippen LogP contribution in [-0.4, -0.2) is 16.6 Å². The molecule has 2 unspecified atom stereocenters. The van der Waals surface area contributed by atoms with E-state index in [2.05, 4.69) is 11.1 Å². The van der Waals surface area contributed by atoms with Crippen molar-refractivity contribution in [3.05, 3.63) is 65.0 Å². The standard InChI is InChI=1S/C16H20N2O/c1-11-3-4-14(12(2)9-11)16(19)15(10-17)13-5-7-18-8-6-13/h3-9,15-16,19H,10,17H2,1-2H3. The zero-order valence-electron chi connectivity index (χ0n) is 11.4. The van der Waals surface area contributed by atoms with Gasteiger partial charge in [-0.3, -0.25) is 4.98 Å². The summed E-state index contributed by atoms with van der Waals surface area (Å²) in [6.45, 7) is 4.47. The van der Waals surface area contributed by atoms with Gasteiger partial charge in [0.05, 0.1) is 6.10 Å². The molecule has 19 heavy (non-hydrogen) atoms. The SMILES string of the molecule is Cc1ccc(C(O)C(CN)c2ccncc2)c(C)c1. The molecular formula is C16H20N2O. The maximum absolute atomic E-state index is 10.6. The van der Waals surface area contributed by atoms with E-state index in [4.69, 9.17) is 5.73 Å². The first-order valence-electron chi connectivity index (χ1n) is 6.48. The predicted octanol–water partition coefficient (Wildman–Crippen LogP) is 2.47. The smallest absolute Gasteiger partial charge is 0.0873 e. The molecule has 0 aliphatic heterocycles. The minimum Gasteiger partial charge on any atom is -0.388 e. The lowest BCUT2D eigenvalue weighted by Crippen LogP contribution is -2.20. The number of hydrogen-bond donors (Lipinski definition) is 2. The van der Waals surface area contributed by atoms with Crippen molar-refractivity contribution in [1.29, 1.82) is 0 Å². The molecule has 1 aromatic carbocycles. The van der Waals surface area contributed by atoms with E-state index in [9.17, 15) is 5.11 Å². The predicted molar refractivity (Wildman–Crippen MR) is 76.9 cm³/mol. The first-order chi connectivity index (χ1) is 9.13. The highest BCUT2D eigenvalue weighted by Crippen LogP contribution is 2.31. The van der Waals surface area contributed by atoms with E-state index in [0.717, 1.165) is 16.7 Å². The molecule has 0 radical (unpaired) electrons. The zero-order chi connectivity index (χ0) is 13.8. The molecule has 0 aliphatic carbocycles. The van der Waals surface area contributed by atoms with E-state index in [1.54, 1.807) is 12.4 Å². The molecule has 0 spiro atoms. The fraction of sp³-hybridized carbons (Fsp3) is 0.312. The van der Waals surface area contributed by atoms with Crippen molar-refractivity contribution in [1.82, 2.24) is 4.98 Å². The Hall–Kier alpha value is -1.71. The summed E-state index contributed by atoms with van der Waals surface area (Å²) >= 11 is 0. The Morgan fingerprint density at radius 1 is 1.16 bits per heavy atom. The van der Waals surface area contributed by atoms with Crippen LogP contribution in [0.25, 0.3) is 0 Å². The Morgan fingerprint density at radius 2 is 1.84 bits per heavy atom. The third kappa shape index (κ3) is 3.00. The van der Waals surface area contributed by atoms with Crippen LogP contribution < -0.4 is 5.73 Å². The molecule has 3 heteroatoms. The van der Waals surface area contributed by atoms with Crippen molar-refractivity contribution in [2.24, 2.45) is 5.73 Å². The minimum absolute atomic E-state index is 0.107. The van der Waals surface area contributed by atoms with E-state index < -0.39 is 6.10 Å². The molecule has 2 atom stereocenters. The van der Waals surface area contributed by atoms with Gasteiger partial charge in [0.1, 0.15) is 0 Å². The minimum atomic E-state index is -0.590. The Morgan fingerprint density at radius 3 is 2.42 bits per heavy atom. The lowest BCUT2D eigenvalue weighted by Gasteiger charge is -2.23. The van der Waals surface area contributed by atoms with E-state index >= 15 is 0 Å². The highest BCUT2D eigenvalue weighted by atomic mass is 16.3. The molecule has 1 heterocycles. The van der Waals surface area contributed by atoms with Crippen molar-refractivity contribution < 1.29 is 5.11 Å². The van der Waals surface area contributed by atoms with Crippen LogP contribution in [0.15, 0.2) is 42.7 Å². The van der Waals surface area contributed by atoms with Gasteiger partial charge in [0.2, 0.25) is 0 Å². The van der Waals surface area contributed by atoms with Crippen LogP contribution in [0.2, 0.25) is 0 Å². The second-order valence-electron chi connectivity index (χ2n) is 4.93. The summed E-state index contributed by atoms with van der Waals surface area (Å²) in [5, 5.41) is 10.6. The van der Waals surface area contributed by atoms with Gasteiger partial charge in [0, 0.05) is 24.9 Å². The van der Waals surface area contributed by atoms with E-state index in [0.29, 0.717) is 6.54 Å². The number of nitrogens with zero attached hydrogens (tertiary/aromatic N) is 1. The molecule has 0 fully saturated rings. The van der Waals surface area contributed by atoms with Crippen LogP contribution in [0.1, 0.15) is 34.3 Å². The van der Waals surface area contributed by atoms with Crippen LogP contribution in [0.4, 0.5) is 0 Å². The molecule has 2 rings (SSSR count). The maximum Gasteiger partial charge on any atom is 0.0873 e. The third-order valence-electron chi connectivity index (χ3n) is 3.51. The maximum atomic E-state index is 10.6. The van der Waals surface area contributed by atoms with Crippen molar-refractivity contribution in [3.8, 4) is 0 Å². The molecule has 2 aromatic rings. The number of hydrogen-bond acceptors (Lipinski definition) is 3. The van der Waals surface area contributed by atoms with E-state index in [-0.39, 0.29) is 5.92 Å². The van der Waals surface area contributed by atoms with Gasteiger partial charge in [0.25, 0.3) is 0 Å². The molecule has 0 aliphatic rings. The van der Waals surface area contributed by atoms with Crippen molar-refractivity contribution >= 4 is 0 Å². The first-order valence-corrected chi connectivity index (χ1v) is 6.48. The molecule has 3 N–H and O–H groups in total. The molecular weight excluding hydrogens is 236 g/mol. The quantitative estimate of drug-likeness (QED) is 0.883. The molecule has 1 aromatic heterocycles. The average Bonchev–Trinajstić information content (AvgIpc) is 2.40. The monoisotopic (exact) mass is 256 g/mol. The summed E-state index contributed by atoms with van der Waals surface area (Å²) in [6.07, 6.45) is 2.87. The first kappa shape index (κ1) is 13.7. The van der Waals surface area contributed by atoms with Crippen molar-refractivity contribution in [3.63, 3.8) is 0 Å². The molecule has 0 bridgehead atoms. The number of benzene rings is 1. The van der Waals surface area contributed by atoms with Crippen LogP contribution in [0, 0.1) is 13.8 Å². The Balaban J connectivity index is 2.33. The zero-order valence-corrected chi connectivity index (χ0v) is 11.4. The third-order valence-corrected chi connectivity index (χ3v) is 3.51. The van der Waals surface area contributed by atoms with Gasteiger partial charge in [-0.15, -0.1) is 0 Å². The topological polar surface area (TPSA) is 59.1 Å². The normalized spacial score (nSPS) is 14.1. The molecule has 0 amide bonds. The van der Waals surface area contributed by atoms with Crippen molar-refractivity contribution in [2.75, 3.05) is 6.54 Å². The van der Waals surface area contributed by atoms with Gasteiger partial charge in [0.15, 0.2) is 0 Å². The van der Waals surface area contributed by atoms with Gasteiger partial charge in [-0.1, -0.05) is 23.8 Å². The number of aliphatic hydroxyl groups is 1. The second kappa shape index (κ2) is 5.95. The number of aromatic nitrogens is 1. The number of rotatable bonds is 4. The fourth-order valence-electron chi connectivity index (χ4n) is 2.43. The summed E-state index contributed by atoms with van der Waals surface area (Å²) in [5.41, 5.74) is 10.1. The van der Waals surface area contributed by atoms with Crippen molar-refractivity contribution in [2.45, 2.75) is 25.9 Å².